The Labute approximate surface area is 178 Å². The third-order valence-electron chi connectivity index (χ3n) is 7.27. The largest absolute Gasteiger partial charge is 0.462 e. The molecule has 4 rings (SSSR count). The number of ether oxygens (including phenoxy) is 2. The molecule has 9 heteroatoms. The average Bonchev–Trinajstić information content (AvgIpc) is 3.13. The van der Waals surface area contributed by atoms with Crippen LogP contribution in [0.5, 0.6) is 0 Å². The molecule has 9 nitrogen and oxygen atoms in total. The lowest BCUT2D eigenvalue weighted by atomic mass is 9.49. The van der Waals surface area contributed by atoms with E-state index < -0.39 is 45.8 Å². The highest BCUT2D eigenvalue weighted by Gasteiger charge is 2.61. The normalized spacial score (nSPS) is 34.6. The zero-order valence-electron chi connectivity index (χ0n) is 17.4. The Kier molecular flexibility index (Phi) is 5.13. The van der Waals surface area contributed by atoms with Gasteiger partial charge in [0, 0.05) is 23.5 Å². The van der Waals surface area contributed by atoms with Crippen molar-refractivity contribution in [3.8, 4) is 0 Å². The highest BCUT2D eigenvalue weighted by molar-refractivity contribution is 5.94. The second kappa shape index (κ2) is 7.42. The van der Waals surface area contributed by atoms with E-state index in [1.807, 2.05) is 13.8 Å². The molecule has 166 valence electrons. The number of rotatable bonds is 4. The summed E-state index contributed by atoms with van der Waals surface area (Å²) in [5.41, 5.74) is -0.243. The second-order valence-electron chi connectivity index (χ2n) is 9.19. The Morgan fingerprint density at radius 1 is 1.26 bits per heavy atom. The zero-order chi connectivity index (χ0) is 22.6. The maximum absolute atomic E-state index is 12.5. The van der Waals surface area contributed by atoms with Gasteiger partial charge in [-0.1, -0.05) is 20.3 Å². The Morgan fingerprint density at radius 3 is 2.58 bits per heavy atom. The maximum Gasteiger partial charge on any atom is 0.338 e. The van der Waals surface area contributed by atoms with E-state index in [4.69, 9.17) is 9.47 Å². The molecule has 0 spiro atoms. The van der Waals surface area contributed by atoms with E-state index >= 15 is 0 Å². The number of hydrogen-bond acceptors (Lipinski definition) is 8. The summed E-state index contributed by atoms with van der Waals surface area (Å²) in [5, 5.41) is 32.5. The van der Waals surface area contributed by atoms with Crippen molar-refractivity contribution in [2.75, 3.05) is 13.2 Å². The lowest BCUT2D eigenvalue weighted by Crippen LogP contribution is -2.59. The number of nitrogens with zero attached hydrogens (tertiary/aromatic N) is 1. The Balaban J connectivity index is 1.57. The van der Waals surface area contributed by atoms with Crippen molar-refractivity contribution in [2.24, 2.45) is 16.7 Å². The molecule has 3 aliphatic rings. The number of benzene rings is 1. The summed E-state index contributed by atoms with van der Waals surface area (Å²) in [6.45, 7) is 3.99. The van der Waals surface area contributed by atoms with Crippen LogP contribution >= 0.6 is 0 Å². The number of nitro groups is 1. The lowest BCUT2D eigenvalue weighted by Gasteiger charge is -2.57. The van der Waals surface area contributed by atoms with Crippen molar-refractivity contribution < 1.29 is 34.2 Å². The monoisotopic (exact) mass is 431 g/mol. The smallest absolute Gasteiger partial charge is 0.338 e. The molecule has 31 heavy (non-hydrogen) atoms. The fraction of sp³-hybridized carbons (Fsp3) is 0.545. The molecule has 1 aliphatic heterocycles. The zero-order valence-corrected chi connectivity index (χ0v) is 17.4. The van der Waals surface area contributed by atoms with E-state index in [1.54, 1.807) is 0 Å². The number of hydrogen-bond donors (Lipinski definition) is 2. The number of carbonyl (C=O) groups is 2. The van der Waals surface area contributed by atoms with E-state index in [2.05, 4.69) is 0 Å². The van der Waals surface area contributed by atoms with Crippen LogP contribution in [0.4, 0.5) is 5.69 Å². The highest BCUT2D eigenvalue weighted by Crippen LogP contribution is 2.60. The molecule has 1 saturated carbocycles. The molecular formula is C22H25NO8. The third-order valence-corrected chi connectivity index (χ3v) is 7.27. The van der Waals surface area contributed by atoms with Crippen LogP contribution in [0.1, 0.15) is 43.5 Å². The number of aliphatic hydroxyl groups excluding tert-OH is 2. The van der Waals surface area contributed by atoms with Gasteiger partial charge in [-0.05, 0) is 36.0 Å². The SMILES string of the molecule is C[C@]1(COC(=O)c2ccc([N+](=O)[O-])cc2)CCC[C@]2(C)C3=C(C(=O)OC3)[C@H](O)[C@@H](O)[C@@H]12. The maximum atomic E-state index is 12.5. The van der Waals surface area contributed by atoms with Crippen LogP contribution in [0, 0.1) is 26.9 Å². The van der Waals surface area contributed by atoms with Crippen LogP contribution in [-0.2, 0) is 14.3 Å². The summed E-state index contributed by atoms with van der Waals surface area (Å²) in [5.74, 6) is -1.65. The van der Waals surface area contributed by atoms with Gasteiger partial charge in [0.05, 0.1) is 28.8 Å². The summed E-state index contributed by atoms with van der Waals surface area (Å²) < 4.78 is 10.7. The Morgan fingerprint density at radius 2 is 1.94 bits per heavy atom. The van der Waals surface area contributed by atoms with Gasteiger partial charge in [0.15, 0.2) is 0 Å². The van der Waals surface area contributed by atoms with Gasteiger partial charge in [-0.3, -0.25) is 10.1 Å². The Hall–Kier alpha value is -2.78. The summed E-state index contributed by atoms with van der Waals surface area (Å²) in [6, 6.07) is 5.15. The van der Waals surface area contributed by atoms with Gasteiger partial charge in [-0.2, -0.15) is 0 Å². The van der Waals surface area contributed by atoms with Crippen molar-refractivity contribution in [1.29, 1.82) is 0 Å². The highest BCUT2D eigenvalue weighted by atomic mass is 16.6. The molecule has 0 unspecified atom stereocenters. The van der Waals surface area contributed by atoms with Gasteiger partial charge in [0.1, 0.15) is 12.7 Å². The average molecular weight is 431 g/mol. The minimum atomic E-state index is -1.34. The van der Waals surface area contributed by atoms with Crippen molar-refractivity contribution in [3.63, 3.8) is 0 Å². The first kappa shape index (κ1) is 21.5. The first-order valence-corrected chi connectivity index (χ1v) is 10.3. The Bertz CT molecular complexity index is 970. The van der Waals surface area contributed by atoms with Crippen molar-refractivity contribution in [1.82, 2.24) is 0 Å². The van der Waals surface area contributed by atoms with Crippen molar-refractivity contribution in [2.45, 2.75) is 45.3 Å². The van der Waals surface area contributed by atoms with E-state index in [0.29, 0.717) is 6.42 Å². The van der Waals surface area contributed by atoms with Crippen LogP contribution in [0.15, 0.2) is 35.4 Å². The van der Waals surface area contributed by atoms with Gasteiger partial charge < -0.3 is 19.7 Å². The van der Waals surface area contributed by atoms with E-state index in [-0.39, 0.29) is 30.0 Å². The van der Waals surface area contributed by atoms with Gasteiger partial charge in [0.25, 0.3) is 5.69 Å². The molecule has 1 aromatic rings. The van der Waals surface area contributed by atoms with Crippen LogP contribution in [0.25, 0.3) is 0 Å². The van der Waals surface area contributed by atoms with E-state index in [0.717, 1.165) is 18.4 Å². The quantitative estimate of drug-likeness (QED) is 0.420. The number of non-ortho nitro benzene ring substituents is 1. The van der Waals surface area contributed by atoms with Crippen molar-refractivity contribution >= 4 is 17.6 Å². The summed E-state index contributed by atoms with van der Waals surface area (Å²) >= 11 is 0. The molecule has 2 aliphatic carbocycles. The molecule has 0 radical (unpaired) electrons. The van der Waals surface area contributed by atoms with Crippen LogP contribution in [0.2, 0.25) is 0 Å². The van der Waals surface area contributed by atoms with Crippen LogP contribution in [-0.4, -0.2) is 52.5 Å². The summed E-state index contributed by atoms with van der Waals surface area (Å²) in [7, 11) is 0. The number of cyclic esters (lactones) is 1. The number of aliphatic hydroxyl groups is 2. The molecule has 0 amide bonds. The number of carbonyl (C=O) groups excluding carboxylic acids is 2. The van der Waals surface area contributed by atoms with E-state index in [1.165, 1.54) is 24.3 Å². The fourth-order valence-corrected chi connectivity index (χ4v) is 5.80. The van der Waals surface area contributed by atoms with Crippen LogP contribution < -0.4 is 0 Å². The topological polar surface area (TPSA) is 136 Å². The minimum Gasteiger partial charge on any atom is -0.462 e. The predicted octanol–water partition coefficient (Wildman–Crippen LogP) is 2.15. The number of fused-ring (bicyclic) bond motifs is 2. The molecule has 1 heterocycles. The molecule has 0 aromatic heterocycles. The molecule has 0 saturated heterocycles. The molecule has 1 fully saturated rings. The number of nitro benzene ring substituents is 1. The third kappa shape index (κ3) is 3.32. The fourth-order valence-electron chi connectivity index (χ4n) is 5.80. The number of esters is 2. The molecule has 5 atom stereocenters. The first-order valence-electron chi connectivity index (χ1n) is 10.3. The molecular weight excluding hydrogens is 406 g/mol. The van der Waals surface area contributed by atoms with Crippen LogP contribution in [0.3, 0.4) is 0 Å². The van der Waals surface area contributed by atoms with E-state index in [9.17, 15) is 29.9 Å². The van der Waals surface area contributed by atoms with Crippen molar-refractivity contribution in [3.05, 3.63) is 51.1 Å². The predicted molar refractivity (Wildman–Crippen MR) is 107 cm³/mol. The molecule has 2 N–H and O–H groups in total. The first-order chi connectivity index (χ1) is 14.6. The minimum absolute atomic E-state index is 0.00424. The summed E-state index contributed by atoms with van der Waals surface area (Å²) in [6.07, 6.45) is -0.347. The molecule has 0 bridgehead atoms. The summed E-state index contributed by atoms with van der Waals surface area (Å²) in [4.78, 5) is 34.9. The lowest BCUT2D eigenvalue weighted by molar-refractivity contribution is -0.384. The molecule has 1 aromatic carbocycles. The van der Waals surface area contributed by atoms with Gasteiger partial charge in [-0.15, -0.1) is 0 Å². The second-order valence-corrected chi connectivity index (χ2v) is 9.19. The van der Waals surface area contributed by atoms with Gasteiger partial charge in [-0.25, -0.2) is 9.59 Å². The van der Waals surface area contributed by atoms with Gasteiger partial charge in [0.2, 0.25) is 0 Å². The standard InChI is InChI=1S/C22H25NO8/c1-21(11-31-19(26)12-4-6-13(7-5-12)23(28)29)8-3-9-22(2)14-10-30-20(27)15(14)16(24)17(25)18(21)22/h4-7,16-18,24-25H,3,8-11H2,1-2H3/t16-,17+,18-,21+,22+/m0/s1. The van der Waals surface area contributed by atoms with Gasteiger partial charge >= 0.3 is 11.9 Å².